The molecule has 0 atom stereocenters. The van der Waals surface area contributed by atoms with Crippen molar-refractivity contribution in [1.82, 2.24) is 10.3 Å². The van der Waals surface area contributed by atoms with Crippen LogP contribution in [0.25, 0.3) is 11.1 Å². The number of fused-ring (bicyclic) bond motifs is 1. The van der Waals surface area contributed by atoms with E-state index in [1.807, 2.05) is 6.07 Å². The van der Waals surface area contributed by atoms with Crippen LogP contribution in [0.3, 0.4) is 0 Å². The molecular weight excluding hydrogens is 264 g/mol. The molecule has 0 radical (unpaired) electrons. The highest BCUT2D eigenvalue weighted by molar-refractivity contribution is 9.10. The minimum atomic E-state index is -0.576. The van der Waals surface area contributed by atoms with Crippen LogP contribution in [-0.2, 0) is 0 Å². The van der Waals surface area contributed by atoms with Gasteiger partial charge < -0.3 is 14.5 Å². The number of furan rings is 1. The topological polar surface area (TPSA) is 64.4 Å². The number of hydrogen-bond acceptors (Lipinski definition) is 4. The Bertz CT molecular complexity index is 509. The van der Waals surface area contributed by atoms with Crippen LogP contribution in [0.5, 0.6) is 5.95 Å². The zero-order chi connectivity index (χ0) is 10.8. The fraction of sp³-hybridized carbons (Fsp3) is 0.111. The first kappa shape index (κ1) is 9.97. The number of halogens is 1. The van der Waals surface area contributed by atoms with Gasteiger partial charge in [-0.15, -0.1) is 0 Å². The van der Waals surface area contributed by atoms with Gasteiger partial charge in [-0.05, 0) is 22.0 Å². The van der Waals surface area contributed by atoms with Crippen LogP contribution in [0, 0.1) is 0 Å². The molecule has 1 amide bonds. The average molecular weight is 271 g/mol. The molecule has 0 aliphatic heterocycles. The first-order valence-corrected chi connectivity index (χ1v) is 4.93. The number of amides is 1. The van der Waals surface area contributed by atoms with Crippen molar-refractivity contribution in [3.8, 4) is 5.95 Å². The molecule has 5 nitrogen and oxygen atoms in total. The van der Waals surface area contributed by atoms with Crippen molar-refractivity contribution in [2.45, 2.75) is 0 Å². The second kappa shape index (κ2) is 3.90. The van der Waals surface area contributed by atoms with Gasteiger partial charge in [0.2, 0.25) is 5.71 Å². The van der Waals surface area contributed by atoms with E-state index in [9.17, 15) is 4.79 Å². The van der Waals surface area contributed by atoms with Gasteiger partial charge in [-0.2, -0.15) is 0 Å². The summed E-state index contributed by atoms with van der Waals surface area (Å²) in [7, 11) is 1.47. The van der Waals surface area contributed by atoms with Crippen LogP contribution in [-0.4, -0.2) is 18.1 Å². The van der Waals surface area contributed by atoms with Gasteiger partial charge in [0.1, 0.15) is 0 Å². The van der Waals surface area contributed by atoms with Crippen molar-refractivity contribution in [3.05, 3.63) is 22.8 Å². The predicted octanol–water partition coefficient (Wildman–Crippen LogP) is 2.31. The lowest BCUT2D eigenvalue weighted by Crippen LogP contribution is -2.21. The zero-order valence-electron chi connectivity index (χ0n) is 7.78. The van der Waals surface area contributed by atoms with E-state index >= 15 is 0 Å². The first-order valence-electron chi connectivity index (χ1n) is 4.13. The number of carbonyl (C=O) groups excluding carboxylic acids is 1. The molecule has 1 N–H and O–H groups in total. The van der Waals surface area contributed by atoms with E-state index in [1.54, 1.807) is 12.3 Å². The van der Waals surface area contributed by atoms with Crippen molar-refractivity contribution in [3.63, 3.8) is 0 Å². The molecule has 0 aromatic carbocycles. The monoisotopic (exact) mass is 270 g/mol. The van der Waals surface area contributed by atoms with E-state index in [0.717, 1.165) is 9.86 Å². The molecule has 0 saturated carbocycles. The van der Waals surface area contributed by atoms with Gasteiger partial charge in [0.15, 0.2) is 0 Å². The summed E-state index contributed by atoms with van der Waals surface area (Å²) in [5.74, 6) is 0.120. The summed E-state index contributed by atoms with van der Waals surface area (Å²) < 4.78 is 10.8. The van der Waals surface area contributed by atoms with Gasteiger partial charge in [0.05, 0.1) is 0 Å². The molecule has 0 bridgehead atoms. The number of aromatic nitrogens is 1. The van der Waals surface area contributed by atoms with Crippen molar-refractivity contribution >= 4 is 33.1 Å². The van der Waals surface area contributed by atoms with E-state index in [4.69, 9.17) is 9.15 Å². The Hall–Kier alpha value is -1.56. The molecule has 2 aromatic rings. The number of rotatable bonds is 1. The molecular formula is C9H7BrN2O3. The Morgan fingerprint density at radius 3 is 3.13 bits per heavy atom. The lowest BCUT2D eigenvalue weighted by molar-refractivity contribution is 0.191. The molecule has 2 heterocycles. The summed E-state index contributed by atoms with van der Waals surface area (Å²) in [5.41, 5.74) is 0.428. The molecule has 0 aliphatic rings. The van der Waals surface area contributed by atoms with E-state index in [1.165, 1.54) is 7.05 Å². The Morgan fingerprint density at radius 2 is 2.40 bits per heavy atom. The lowest BCUT2D eigenvalue weighted by atomic mass is 10.3. The number of nitrogens with zero attached hydrogens (tertiary/aromatic N) is 1. The SMILES string of the molecule is CNC(=O)Oc1cc2cc(Br)cnc2o1. The van der Waals surface area contributed by atoms with Crippen LogP contribution in [0.4, 0.5) is 4.79 Å². The van der Waals surface area contributed by atoms with Gasteiger partial charge in [-0.25, -0.2) is 9.78 Å². The highest BCUT2D eigenvalue weighted by atomic mass is 79.9. The normalized spacial score (nSPS) is 10.3. The van der Waals surface area contributed by atoms with Crippen LogP contribution < -0.4 is 10.1 Å². The highest BCUT2D eigenvalue weighted by Crippen LogP contribution is 2.25. The van der Waals surface area contributed by atoms with Crippen LogP contribution in [0.2, 0.25) is 0 Å². The third-order valence-corrected chi connectivity index (χ3v) is 2.15. The number of pyridine rings is 1. The summed E-state index contributed by atoms with van der Waals surface area (Å²) in [6.45, 7) is 0. The summed E-state index contributed by atoms with van der Waals surface area (Å²) in [5, 5.41) is 3.09. The van der Waals surface area contributed by atoms with Crippen LogP contribution in [0.1, 0.15) is 0 Å². The fourth-order valence-electron chi connectivity index (χ4n) is 1.08. The summed E-state index contributed by atoms with van der Waals surface area (Å²) in [4.78, 5) is 14.9. The lowest BCUT2D eigenvalue weighted by Gasteiger charge is -1.96. The third-order valence-electron chi connectivity index (χ3n) is 1.71. The van der Waals surface area contributed by atoms with E-state index < -0.39 is 6.09 Å². The minimum absolute atomic E-state index is 0.120. The molecule has 0 saturated heterocycles. The molecule has 6 heteroatoms. The maximum atomic E-state index is 10.9. The summed E-state index contributed by atoms with van der Waals surface area (Å²) >= 11 is 3.28. The molecule has 15 heavy (non-hydrogen) atoms. The van der Waals surface area contributed by atoms with Gasteiger partial charge in [0, 0.05) is 29.2 Å². The molecule has 0 spiro atoms. The molecule has 0 aliphatic carbocycles. The molecule has 2 aromatic heterocycles. The number of nitrogens with one attached hydrogen (secondary N) is 1. The Morgan fingerprint density at radius 1 is 1.60 bits per heavy atom. The Kier molecular flexibility index (Phi) is 2.59. The van der Waals surface area contributed by atoms with Crippen molar-refractivity contribution < 1.29 is 13.9 Å². The fourth-order valence-corrected chi connectivity index (χ4v) is 1.42. The van der Waals surface area contributed by atoms with Gasteiger partial charge in [-0.3, -0.25) is 0 Å². The standard InChI is InChI=1S/C9H7BrN2O3/c1-11-9(13)15-7-3-5-2-6(10)4-12-8(5)14-7/h2-4H,1H3,(H,11,13). The largest absolute Gasteiger partial charge is 0.414 e. The van der Waals surface area contributed by atoms with Gasteiger partial charge in [0.25, 0.3) is 5.95 Å². The first-order chi connectivity index (χ1) is 7.19. The predicted molar refractivity (Wildman–Crippen MR) is 56.8 cm³/mol. The van der Waals surface area contributed by atoms with E-state index in [0.29, 0.717) is 5.71 Å². The molecule has 78 valence electrons. The van der Waals surface area contributed by atoms with Crippen LogP contribution >= 0.6 is 15.9 Å². The second-order valence-electron chi connectivity index (χ2n) is 2.75. The number of hydrogen-bond donors (Lipinski definition) is 1. The Balaban J connectivity index is 2.34. The quantitative estimate of drug-likeness (QED) is 0.864. The smallest absolute Gasteiger partial charge is 0.406 e. The molecule has 2 rings (SSSR count). The van der Waals surface area contributed by atoms with Crippen molar-refractivity contribution in [2.24, 2.45) is 0 Å². The van der Waals surface area contributed by atoms with E-state index in [-0.39, 0.29) is 5.95 Å². The maximum absolute atomic E-state index is 10.9. The second-order valence-corrected chi connectivity index (χ2v) is 3.67. The number of ether oxygens (including phenoxy) is 1. The maximum Gasteiger partial charge on any atom is 0.414 e. The van der Waals surface area contributed by atoms with Gasteiger partial charge in [-0.1, -0.05) is 0 Å². The molecule has 0 fully saturated rings. The third kappa shape index (κ3) is 2.10. The van der Waals surface area contributed by atoms with Crippen molar-refractivity contribution in [1.29, 1.82) is 0 Å². The summed E-state index contributed by atoms with van der Waals surface area (Å²) in [6, 6.07) is 3.42. The zero-order valence-corrected chi connectivity index (χ0v) is 9.37. The van der Waals surface area contributed by atoms with E-state index in [2.05, 4.69) is 26.2 Å². The molecule has 0 unspecified atom stereocenters. The Labute approximate surface area is 93.5 Å². The highest BCUT2D eigenvalue weighted by Gasteiger charge is 2.09. The van der Waals surface area contributed by atoms with Gasteiger partial charge >= 0.3 is 6.09 Å². The average Bonchev–Trinajstić information content (AvgIpc) is 2.59. The summed E-state index contributed by atoms with van der Waals surface area (Å²) in [6.07, 6.45) is 1.03. The van der Waals surface area contributed by atoms with Crippen molar-refractivity contribution in [2.75, 3.05) is 7.05 Å². The number of carbonyl (C=O) groups is 1. The minimum Gasteiger partial charge on any atom is -0.406 e. The van der Waals surface area contributed by atoms with Crippen LogP contribution in [0.15, 0.2) is 27.2 Å².